The first kappa shape index (κ1) is 13.2. The molecule has 0 fully saturated rings. The molecule has 0 spiro atoms. The fraction of sp³-hybridized carbons (Fsp3) is 0.0714. The number of anilines is 1. The van der Waals surface area contributed by atoms with Gasteiger partial charge in [-0.3, -0.25) is 0 Å². The number of nitrogens with two attached hydrogens (primary N) is 1. The molecule has 2 rings (SSSR count). The predicted octanol–water partition coefficient (Wildman–Crippen LogP) is 3.51. The summed E-state index contributed by atoms with van der Waals surface area (Å²) >= 11 is 6.00. The number of hydrogen-bond acceptors (Lipinski definition) is 3. The van der Waals surface area contributed by atoms with Gasteiger partial charge in [-0.1, -0.05) is 23.7 Å². The minimum Gasteiger partial charge on any atom is -0.487 e. The van der Waals surface area contributed by atoms with Crippen LogP contribution in [0.2, 0.25) is 5.02 Å². The number of hydrogen-bond donors (Lipinski definition) is 1. The van der Waals surface area contributed by atoms with Crippen LogP contribution in [0.4, 0.5) is 10.1 Å². The highest BCUT2D eigenvalue weighted by Gasteiger charge is 2.09. The second kappa shape index (κ2) is 5.59. The lowest BCUT2D eigenvalue weighted by atomic mass is 10.2. The van der Waals surface area contributed by atoms with Gasteiger partial charge in [-0.15, -0.1) is 0 Å². The SMILES string of the molecule is N#Cc1c(F)cccc1OCc1ccc(N)cc1Cl. The third-order valence-electron chi connectivity index (χ3n) is 2.55. The molecule has 0 aliphatic rings. The average molecular weight is 277 g/mol. The second-order valence-electron chi connectivity index (χ2n) is 3.86. The highest BCUT2D eigenvalue weighted by atomic mass is 35.5. The highest BCUT2D eigenvalue weighted by Crippen LogP contribution is 2.24. The van der Waals surface area contributed by atoms with Gasteiger partial charge in [0, 0.05) is 16.3 Å². The molecule has 19 heavy (non-hydrogen) atoms. The van der Waals surface area contributed by atoms with Gasteiger partial charge in [0.25, 0.3) is 0 Å². The summed E-state index contributed by atoms with van der Waals surface area (Å²) in [4.78, 5) is 0. The lowest BCUT2D eigenvalue weighted by Crippen LogP contribution is -2.00. The largest absolute Gasteiger partial charge is 0.487 e. The standard InChI is InChI=1S/C14H10ClFN2O/c15-12-6-10(18)5-4-9(12)8-19-14-3-1-2-13(16)11(14)7-17/h1-6H,8,18H2. The number of ether oxygens (including phenoxy) is 1. The van der Waals surface area contributed by atoms with Gasteiger partial charge in [0.1, 0.15) is 29.8 Å². The van der Waals surface area contributed by atoms with Crippen LogP contribution in [0.15, 0.2) is 36.4 Å². The van der Waals surface area contributed by atoms with Crippen LogP contribution in [0.3, 0.4) is 0 Å². The summed E-state index contributed by atoms with van der Waals surface area (Å²) in [6, 6.07) is 11.0. The minimum absolute atomic E-state index is 0.117. The van der Waals surface area contributed by atoms with Gasteiger partial charge < -0.3 is 10.5 Å². The van der Waals surface area contributed by atoms with Crippen molar-refractivity contribution in [2.45, 2.75) is 6.61 Å². The third kappa shape index (κ3) is 2.95. The fourth-order valence-corrected chi connectivity index (χ4v) is 1.81. The number of nitriles is 1. The molecule has 0 heterocycles. The molecule has 0 atom stereocenters. The van der Waals surface area contributed by atoms with E-state index >= 15 is 0 Å². The van der Waals surface area contributed by atoms with E-state index < -0.39 is 5.82 Å². The quantitative estimate of drug-likeness (QED) is 0.873. The summed E-state index contributed by atoms with van der Waals surface area (Å²) in [5.41, 5.74) is 6.73. The van der Waals surface area contributed by atoms with E-state index in [1.807, 2.05) is 0 Å². The molecule has 0 saturated heterocycles. The highest BCUT2D eigenvalue weighted by molar-refractivity contribution is 6.31. The van der Waals surface area contributed by atoms with E-state index in [-0.39, 0.29) is 17.9 Å². The van der Waals surface area contributed by atoms with Crippen molar-refractivity contribution in [2.24, 2.45) is 0 Å². The van der Waals surface area contributed by atoms with Crippen LogP contribution in [0.25, 0.3) is 0 Å². The van der Waals surface area contributed by atoms with Gasteiger partial charge in [0.2, 0.25) is 0 Å². The average Bonchev–Trinajstić information content (AvgIpc) is 2.38. The van der Waals surface area contributed by atoms with E-state index in [0.29, 0.717) is 16.3 Å². The summed E-state index contributed by atoms with van der Waals surface area (Å²) < 4.78 is 18.8. The molecule has 0 unspecified atom stereocenters. The van der Waals surface area contributed by atoms with Crippen LogP contribution in [-0.4, -0.2) is 0 Å². The second-order valence-corrected chi connectivity index (χ2v) is 4.27. The zero-order valence-corrected chi connectivity index (χ0v) is 10.6. The maximum Gasteiger partial charge on any atom is 0.144 e. The third-order valence-corrected chi connectivity index (χ3v) is 2.90. The van der Waals surface area contributed by atoms with Crippen molar-refractivity contribution in [1.82, 2.24) is 0 Å². The Labute approximate surface area is 115 Å². The van der Waals surface area contributed by atoms with Crippen molar-refractivity contribution in [3.63, 3.8) is 0 Å². The molecule has 0 amide bonds. The molecule has 0 bridgehead atoms. The van der Waals surface area contributed by atoms with E-state index in [2.05, 4.69) is 0 Å². The first-order valence-electron chi connectivity index (χ1n) is 5.47. The molecule has 0 aliphatic heterocycles. The first-order chi connectivity index (χ1) is 9.11. The van der Waals surface area contributed by atoms with Gasteiger partial charge in [-0.05, 0) is 24.3 Å². The van der Waals surface area contributed by atoms with Gasteiger partial charge in [-0.2, -0.15) is 5.26 Å². The van der Waals surface area contributed by atoms with E-state index in [1.165, 1.54) is 18.2 Å². The van der Waals surface area contributed by atoms with Gasteiger partial charge in [-0.25, -0.2) is 4.39 Å². The maximum atomic E-state index is 13.4. The summed E-state index contributed by atoms with van der Waals surface area (Å²) in [7, 11) is 0. The number of halogens is 2. The predicted molar refractivity (Wildman–Crippen MR) is 71.3 cm³/mol. The van der Waals surface area contributed by atoms with Crippen molar-refractivity contribution in [1.29, 1.82) is 5.26 Å². The zero-order chi connectivity index (χ0) is 13.8. The van der Waals surface area contributed by atoms with Crippen molar-refractivity contribution >= 4 is 17.3 Å². The lowest BCUT2D eigenvalue weighted by Gasteiger charge is -2.09. The Morgan fingerprint density at radius 1 is 1.32 bits per heavy atom. The van der Waals surface area contributed by atoms with Crippen molar-refractivity contribution in [3.05, 3.63) is 58.4 Å². The molecule has 3 nitrogen and oxygen atoms in total. The Hall–Kier alpha value is -2.25. The Morgan fingerprint density at radius 2 is 2.11 bits per heavy atom. The van der Waals surface area contributed by atoms with E-state index in [9.17, 15) is 4.39 Å². The van der Waals surface area contributed by atoms with E-state index in [4.69, 9.17) is 27.3 Å². The molecule has 2 aromatic rings. The van der Waals surface area contributed by atoms with Crippen LogP contribution >= 0.6 is 11.6 Å². The Morgan fingerprint density at radius 3 is 2.79 bits per heavy atom. The Kier molecular flexibility index (Phi) is 3.88. The molecule has 0 aliphatic carbocycles. The van der Waals surface area contributed by atoms with Crippen LogP contribution in [0, 0.1) is 17.1 Å². The summed E-state index contributed by atoms with van der Waals surface area (Å²) in [5, 5.41) is 9.34. The smallest absolute Gasteiger partial charge is 0.144 e. The van der Waals surface area contributed by atoms with Gasteiger partial charge >= 0.3 is 0 Å². The van der Waals surface area contributed by atoms with Crippen LogP contribution < -0.4 is 10.5 Å². The molecular weight excluding hydrogens is 267 g/mol. The first-order valence-corrected chi connectivity index (χ1v) is 5.85. The maximum absolute atomic E-state index is 13.4. The number of nitrogen functional groups attached to an aromatic ring is 1. The van der Waals surface area contributed by atoms with Gasteiger partial charge in [0.05, 0.1) is 0 Å². The molecule has 96 valence electrons. The molecule has 5 heteroatoms. The fourth-order valence-electron chi connectivity index (χ4n) is 1.57. The number of benzene rings is 2. The molecular formula is C14H10ClFN2O. The van der Waals surface area contributed by atoms with E-state index in [1.54, 1.807) is 24.3 Å². The Bertz CT molecular complexity index is 652. The van der Waals surface area contributed by atoms with E-state index in [0.717, 1.165) is 0 Å². The lowest BCUT2D eigenvalue weighted by molar-refractivity contribution is 0.303. The van der Waals surface area contributed by atoms with Crippen LogP contribution in [-0.2, 0) is 6.61 Å². The molecule has 0 aromatic heterocycles. The minimum atomic E-state index is -0.608. The molecule has 0 radical (unpaired) electrons. The summed E-state index contributed by atoms with van der Waals surface area (Å²) in [6.45, 7) is 0.136. The zero-order valence-electron chi connectivity index (χ0n) is 9.86. The van der Waals surface area contributed by atoms with Crippen molar-refractivity contribution in [3.8, 4) is 11.8 Å². The topological polar surface area (TPSA) is 59.0 Å². The number of nitrogens with zero attached hydrogens (tertiary/aromatic N) is 1. The van der Waals surface area contributed by atoms with Crippen molar-refractivity contribution in [2.75, 3.05) is 5.73 Å². The summed E-state index contributed by atoms with van der Waals surface area (Å²) in [6.07, 6.45) is 0. The molecule has 0 saturated carbocycles. The van der Waals surface area contributed by atoms with Crippen molar-refractivity contribution < 1.29 is 9.13 Å². The summed E-state index contributed by atoms with van der Waals surface area (Å²) in [5.74, 6) is -0.418. The van der Waals surface area contributed by atoms with Crippen LogP contribution in [0.5, 0.6) is 5.75 Å². The van der Waals surface area contributed by atoms with Gasteiger partial charge in [0.15, 0.2) is 0 Å². The Balaban J connectivity index is 2.20. The normalized spacial score (nSPS) is 9.95. The number of rotatable bonds is 3. The monoisotopic (exact) mass is 276 g/mol. The molecule has 2 aromatic carbocycles. The molecule has 2 N–H and O–H groups in total. The van der Waals surface area contributed by atoms with Crippen LogP contribution in [0.1, 0.15) is 11.1 Å².